The normalized spacial score (nSPS) is 10.9. The minimum atomic E-state index is 0.277. The van der Waals surface area contributed by atoms with Crippen molar-refractivity contribution in [1.82, 2.24) is 0 Å². The fourth-order valence-corrected chi connectivity index (χ4v) is 2.89. The molecule has 2 aromatic carbocycles. The summed E-state index contributed by atoms with van der Waals surface area (Å²) < 4.78 is 0. The van der Waals surface area contributed by atoms with Crippen LogP contribution >= 0.6 is 0 Å². The molecule has 0 amide bonds. The lowest BCUT2D eigenvalue weighted by atomic mass is 10.00. The monoisotopic (exact) mass is 311 g/mol. The van der Waals surface area contributed by atoms with E-state index in [1.165, 1.54) is 43.2 Å². The number of benzene rings is 2. The van der Waals surface area contributed by atoms with E-state index in [0.29, 0.717) is 6.42 Å². The Balaban J connectivity index is 1.94. The van der Waals surface area contributed by atoms with Gasteiger partial charge in [0.15, 0.2) is 5.78 Å². The summed E-state index contributed by atoms with van der Waals surface area (Å²) in [6, 6.07) is 12.4. The zero-order valence-electron chi connectivity index (χ0n) is 14.8. The van der Waals surface area contributed by atoms with E-state index in [4.69, 9.17) is 0 Å². The molecule has 0 spiro atoms. The van der Waals surface area contributed by atoms with Crippen LogP contribution < -0.4 is 4.90 Å². The van der Waals surface area contributed by atoms with Gasteiger partial charge in [-0.3, -0.25) is 4.79 Å². The molecule has 2 aromatic rings. The maximum absolute atomic E-state index is 12.3. The van der Waals surface area contributed by atoms with Crippen LogP contribution in [-0.4, -0.2) is 19.9 Å². The molecule has 23 heavy (non-hydrogen) atoms. The Labute approximate surface area is 140 Å². The van der Waals surface area contributed by atoms with Crippen molar-refractivity contribution in [3.63, 3.8) is 0 Å². The predicted molar refractivity (Wildman–Crippen MR) is 101 cm³/mol. The Bertz CT molecular complexity index is 645. The van der Waals surface area contributed by atoms with Gasteiger partial charge in [0, 0.05) is 31.8 Å². The Morgan fingerprint density at radius 3 is 2.26 bits per heavy atom. The number of hydrogen-bond acceptors (Lipinski definition) is 2. The Morgan fingerprint density at radius 2 is 1.52 bits per heavy atom. The number of hydrogen-bond donors (Lipinski definition) is 0. The smallest absolute Gasteiger partial charge is 0.162 e. The molecule has 0 aliphatic rings. The molecule has 0 aliphatic carbocycles. The molecule has 0 fully saturated rings. The second-order valence-electron chi connectivity index (χ2n) is 6.58. The van der Waals surface area contributed by atoms with Crippen LogP contribution in [0.3, 0.4) is 0 Å². The summed E-state index contributed by atoms with van der Waals surface area (Å²) in [5, 5.41) is 2.33. The molecule has 0 N–H and O–H groups in total. The van der Waals surface area contributed by atoms with Crippen LogP contribution in [-0.2, 0) is 0 Å². The average molecular weight is 311 g/mol. The molecule has 0 saturated heterocycles. The molecule has 0 aliphatic heterocycles. The lowest BCUT2D eigenvalue weighted by Crippen LogP contribution is -2.08. The number of Topliss-reactive ketones (excluding diaryl/α,β-unsaturated/α-hetero) is 1. The number of anilines is 1. The van der Waals surface area contributed by atoms with Crippen molar-refractivity contribution in [1.29, 1.82) is 0 Å². The maximum atomic E-state index is 12.3. The highest BCUT2D eigenvalue weighted by atomic mass is 16.1. The number of fused-ring (bicyclic) bond motifs is 1. The summed E-state index contributed by atoms with van der Waals surface area (Å²) in [7, 11) is 4.08. The zero-order chi connectivity index (χ0) is 16.7. The van der Waals surface area contributed by atoms with Gasteiger partial charge in [-0.15, -0.1) is 0 Å². The van der Waals surface area contributed by atoms with Crippen LogP contribution in [0.2, 0.25) is 0 Å². The van der Waals surface area contributed by atoms with Gasteiger partial charge in [-0.25, -0.2) is 0 Å². The minimum Gasteiger partial charge on any atom is -0.378 e. The van der Waals surface area contributed by atoms with Crippen molar-refractivity contribution in [3.8, 4) is 0 Å². The Hall–Kier alpha value is -1.83. The summed E-state index contributed by atoms with van der Waals surface area (Å²) in [6.45, 7) is 2.23. The van der Waals surface area contributed by atoms with E-state index in [1.807, 2.05) is 26.2 Å². The van der Waals surface area contributed by atoms with Gasteiger partial charge in [-0.2, -0.15) is 0 Å². The molecule has 0 bridgehead atoms. The van der Waals surface area contributed by atoms with Gasteiger partial charge in [0.25, 0.3) is 0 Å². The second kappa shape index (κ2) is 8.71. The highest BCUT2D eigenvalue weighted by molar-refractivity contribution is 6.00. The molecule has 2 heteroatoms. The van der Waals surface area contributed by atoms with Gasteiger partial charge >= 0.3 is 0 Å². The van der Waals surface area contributed by atoms with Crippen LogP contribution in [0.15, 0.2) is 36.4 Å². The molecule has 0 heterocycles. The van der Waals surface area contributed by atoms with Crippen LogP contribution in [0.1, 0.15) is 62.2 Å². The van der Waals surface area contributed by atoms with Crippen molar-refractivity contribution >= 4 is 22.2 Å². The molecule has 124 valence electrons. The highest BCUT2D eigenvalue weighted by Crippen LogP contribution is 2.23. The van der Waals surface area contributed by atoms with E-state index in [2.05, 4.69) is 36.1 Å². The second-order valence-corrected chi connectivity index (χ2v) is 6.58. The largest absolute Gasteiger partial charge is 0.378 e. The van der Waals surface area contributed by atoms with Crippen molar-refractivity contribution < 1.29 is 4.79 Å². The molecule has 0 atom stereocenters. The van der Waals surface area contributed by atoms with Crippen molar-refractivity contribution in [2.24, 2.45) is 0 Å². The molecule has 2 rings (SSSR count). The topological polar surface area (TPSA) is 20.3 Å². The predicted octanol–water partition coefficient (Wildman–Crippen LogP) is 5.84. The van der Waals surface area contributed by atoms with E-state index in [9.17, 15) is 4.79 Å². The van der Waals surface area contributed by atoms with E-state index in [-0.39, 0.29) is 5.78 Å². The van der Waals surface area contributed by atoms with Crippen molar-refractivity contribution in [3.05, 3.63) is 42.0 Å². The van der Waals surface area contributed by atoms with Crippen LogP contribution in [0.4, 0.5) is 5.69 Å². The first-order valence-electron chi connectivity index (χ1n) is 8.86. The van der Waals surface area contributed by atoms with E-state index < -0.39 is 0 Å². The molecule has 0 radical (unpaired) electrons. The van der Waals surface area contributed by atoms with Crippen LogP contribution in [0.25, 0.3) is 10.8 Å². The Morgan fingerprint density at radius 1 is 0.870 bits per heavy atom. The molecule has 2 nitrogen and oxygen atoms in total. The van der Waals surface area contributed by atoms with Crippen molar-refractivity contribution in [2.75, 3.05) is 19.0 Å². The van der Waals surface area contributed by atoms with E-state index >= 15 is 0 Å². The SMILES string of the molecule is CCCCCCCCC(=O)c1ccc2cc(N(C)C)ccc2c1. The van der Waals surface area contributed by atoms with Gasteiger partial charge in [0.05, 0.1) is 0 Å². The van der Waals surface area contributed by atoms with Gasteiger partial charge in [-0.1, -0.05) is 57.2 Å². The number of unbranched alkanes of at least 4 members (excludes halogenated alkanes) is 5. The minimum absolute atomic E-state index is 0.277. The first-order chi connectivity index (χ1) is 11.1. The fraction of sp³-hybridized carbons (Fsp3) is 0.476. The van der Waals surface area contributed by atoms with E-state index in [1.54, 1.807) is 0 Å². The maximum Gasteiger partial charge on any atom is 0.162 e. The van der Waals surface area contributed by atoms with Gasteiger partial charge in [-0.05, 0) is 35.4 Å². The molecular weight excluding hydrogens is 282 g/mol. The summed E-state index contributed by atoms with van der Waals surface area (Å²) in [5.41, 5.74) is 2.03. The zero-order valence-corrected chi connectivity index (χ0v) is 14.8. The summed E-state index contributed by atoms with van der Waals surface area (Å²) in [6.07, 6.45) is 8.00. The Kier molecular flexibility index (Phi) is 6.64. The van der Waals surface area contributed by atoms with Crippen LogP contribution in [0.5, 0.6) is 0 Å². The number of carbonyl (C=O) groups is 1. The molecular formula is C21H29NO. The van der Waals surface area contributed by atoms with Gasteiger partial charge in [0.1, 0.15) is 0 Å². The third kappa shape index (κ3) is 5.09. The summed E-state index contributed by atoms with van der Waals surface area (Å²) in [5.74, 6) is 0.277. The highest BCUT2D eigenvalue weighted by Gasteiger charge is 2.07. The number of nitrogens with zero attached hydrogens (tertiary/aromatic N) is 1. The molecule has 0 unspecified atom stereocenters. The lowest BCUT2D eigenvalue weighted by molar-refractivity contribution is 0.0979. The third-order valence-corrected chi connectivity index (χ3v) is 4.42. The number of carbonyl (C=O) groups excluding carboxylic acids is 1. The lowest BCUT2D eigenvalue weighted by Gasteiger charge is -2.13. The first-order valence-corrected chi connectivity index (χ1v) is 8.86. The fourth-order valence-electron chi connectivity index (χ4n) is 2.89. The molecule has 0 aromatic heterocycles. The van der Waals surface area contributed by atoms with Gasteiger partial charge < -0.3 is 4.90 Å². The summed E-state index contributed by atoms with van der Waals surface area (Å²) >= 11 is 0. The van der Waals surface area contributed by atoms with Gasteiger partial charge in [0.2, 0.25) is 0 Å². The first kappa shape index (κ1) is 17.5. The average Bonchev–Trinajstić information content (AvgIpc) is 2.56. The van der Waals surface area contributed by atoms with Crippen LogP contribution in [0, 0.1) is 0 Å². The van der Waals surface area contributed by atoms with E-state index in [0.717, 1.165) is 17.4 Å². The van der Waals surface area contributed by atoms with Crippen molar-refractivity contribution in [2.45, 2.75) is 51.9 Å². The number of ketones is 1. The third-order valence-electron chi connectivity index (χ3n) is 4.42. The molecule has 0 saturated carbocycles. The standard InChI is InChI=1S/C21H29NO/c1-4-5-6-7-8-9-10-21(23)19-12-11-18-16-20(22(2)3)14-13-17(18)15-19/h11-16H,4-10H2,1-3H3. The summed E-state index contributed by atoms with van der Waals surface area (Å²) in [4.78, 5) is 14.4. The number of rotatable bonds is 9. The quantitative estimate of drug-likeness (QED) is 0.428.